The molecule has 3 aromatic carbocycles. The summed E-state index contributed by atoms with van der Waals surface area (Å²) in [5.41, 5.74) is 4.54. The molecule has 0 aromatic heterocycles. The topological polar surface area (TPSA) is 125 Å². The van der Waals surface area contributed by atoms with Crippen molar-refractivity contribution in [1.82, 2.24) is 15.6 Å². The molecule has 0 atom stereocenters. The van der Waals surface area contributed by atoms with Crippen LogP contribution in [0.4, 0.5) is 0 Å². The second-order valence-corrected chi connectivity index (χ2v) is 8.76. The van der Waals surface area contributed by atoms with Crippen molar-refractivity contribution in [2.75, 3.05) is 0 Å². The largest absolute Gasteiger partial charge is 0.507 e. The highest BCUT2D eigenvalue weighted by Gasteiger charge is 2.28. The Morgan fingerprint density at radius 1 is 0.867 bits per heavy atom. The lowest BCUT2D eigenvalue weighted by atomic mass is 10.1. The molecule has 0 bridgehead atoms. The molecule has 0 unspecified atom stereocenters. The van der Waals surface area contributed by atoms with Crippen LogP contribution in [-0.2, 0) is 10.0 Å². The Morgan fingerprint density at radius 2 is 1.53 bits per heavy atom. The smallest absolute Gasteiger partial charge is 0.273 e. The Balaban J connectivity index is 1.46. The van der Waals surface area contributed by atoms with E-state index in [0.29, 0.717) is 0 Å². The number of carbonyl (C=O) groups is 2. The molecule has 1 aliphatic carbocycles. The van der Waals surface area contributed by atoms with Crippen molar-refractivity contribution in [3.8, 4) is 5.75 Å². The van der Waals surface area contributed by atoms with Crippen LogP contribution in [0.15, 0.2) is 65.6 Å². The van der Waals surface area contributed by atoms with Gasteiger partial charge in [0, 0.05) is 11.6 Å². The second kappa shape index (κ2) is 7.77. The van der Waals surface area contributed by atoms with Crippen LogP contribution in [0, 0.1) is 0 Å². The summed E-state index contributed by atoms with van der Waals surface area (Å²) in [5, 5.41) is 11.6. The molecular weight excluding hydrogens is 406 g/mol. The minimum Gasteiger partial charge on any atom is -0.507 e. The monoisotopic (exact) mass is 425 g/mol. The fourth-order valence-corrected chi connectivity index (χ4v) is 4.31. The third-order valence-corrected chi connectivity index (χ3v) is 6.22. The average molecular weight is 425 g/mol. The van der Waals surface area contributed by atoms with Gasteiger partial charge in [-0.15, -0.1) is 0 Å². The summed E-state index contributed by atoms with van der Waals surface area (Å²) in [4.78, 5) is 24.8. The quantitative estimate of drug-likeness (QED) is 0.466. The zero-order valence-corrected chi connectivity index (χ0v) is 16.6. The summed E-state index contributed by atoms with van der Waals surface area (Å²) < 4.78 is 27.2. The van der Waals surface area contributed by atoms with Crippen molar-refractivity contribution in [2.24, 2.45) is 0 Å². The first-order valence-corrected chi connectivity index (χ1v) is 10.8. The molecule has 1 saturated carbocycles. The zero-order valence-electron chi connectivity index (χ0n) is 15.8. The molecule has 8 nitrogen and oxygen atoms in total. The molecule has 154 valence electrons. The third kappa shape index (κ3) is 4.27. The van der Waals surface area contributed by atoms with Crippen molar-refractivity contribution in [3.63, 3.8) is 0 Å². The number of amides is 2. The molecule has 4 rings (SSSR count). The Morgan fingerprint density at radius 3 is 2.23 bits per heavy atom. The van der Waals surface area contributed by atoms with E-state index in [9.17, 15) is 23.1 Å². The van der Waals surface area contributed by atoms with Gasteiger partial charge in [0.1, 0.15) is 5.75 Å². The molecule has 0 spiro atoms. The standard InChI is InChI=1S/C21H19N3O5S/c25-19-12-14-5-2-1-4-13(14)11-18(19)21(27)23-22-20(26)15-6-3-7-17(10-15)30(28,29)24-16-8-9-16/h1-7,10-12,16,24-25H,8-9H2,(H,22,26)(H,23,27). The number of rotatable bonds is 5. The van der Waals surface area contributed by atoms with E-state index in [1.54, 1.807) is 12.1 Å². The highest BCUT2D eigenvalue weighted by molar-refractivity contribution is 7.89. The van der Waals surface area contributed by atoms with Crippen molar-refractivity contribution >= 4 is 32.6 Å². The number of nitrogens with one attached hydrogen (secondary N) is 3. The number of fused-ring (bicyclic) bond motifs is 1. The number of phenols is 1. The van der Waals surface area contributed by atoms with Gasteiger partial charge in [-0.25, -0.2) is 13.1 Å². The lowest BCUT2D eigenvalue weighted by molar-refractivity contribution is 0.0845. The Bertz CT molecular complexity index is 1250. The van der Waals surface area contributed by atoms with E-state index in [0.717, 1.165) is 23.6 Å². The molecule has 0 saturated heterocycles. The van der Waals surface area contributed by atoms with E-state index < -0.39 is 21.8 Å². The van der Waals surface area contributed by atoms with E-state index >= 15 is 0 Å². The van der Waals surface area contributed by atoms with Crippen molar-refractivity contribution in [3.05, 3.63) is 71.8 Å². The van der Waals surface area contributed by atoms with Gasteiger partial charge in [0.15, 0.2) is 0 Å². The zero-order chi connectivity index (χ0) is 21.3. The molecule has 30 heavy (non-hydrogen) atoms. The highest BCUT2D eigenvalue weighted by atomic mass is 32.2. The number of phenolic OH excluding ortho intramolecular Hbond substituents is 1. The van der Waals surface area contributed by atoms with Crippen LogP contribution in [0.5, 0.6) is 5.75 Å². The maximum absolute atomic E-state index is 12.4. The Kier molecular flexibility index (Phi) is 5.15. The van der Waals surface area contributed by atoms with Gasteiger partial charge in [-0.1, -0.05) is 30.3 Å². The number of sulfonamides is 1. The van der Waals surface area contributed by atoms with Crippen molar-refractivity contribution < 1.29 is 23.1 Å². The van der Waals surface area contributed by atoms with Crippen LogP contribution < -0.4 is 15.6 Å². The van der Waals surface area contributed by atoms with Crippen LogP contribution in [0.2, 0.25) is 0 Å². The Labute approximate surface area is 172 Å². The number of hydrogen-bond acceptors (Lipinski definition) is 5. The molecule has 1 fully saturated rings. The van der Waals surface area contributed by atoms with E-state index in [4.69, 9.17) is 0 Å². The van der Waals surface area contributed by atoms with Crippen LogP contribution >= 0.6 is 0 Å². The minimum absolute atomic E-state index is 0.000961. The third-order valence-electron chi connectivity index (χ3n) is 4.70. The number of hydrazine groups is 1. The second-order valence-electron chi connectivity index (χ2n) is 7.05. The number of aromatic hydroxyl groups is 1. The van der Waals surface area contributed by atoms with Crippen molar-refractivity contribution in [2.45, 2.75) is 23.8 Å². The van der Waals surface area contributed by atoms with Crippen LogP contribution in [0.1, 0.15) is 33.6 Å². The maximum Gasteiger partial charge on any atom is 0.273 e. The van der Waals surface area contributed by atoms with Crippen molar-refractivity contribution in [1.29, 1.82) is 0 Å². The Hall–Kier alpha value is -3.43. The summed E-state index contributed by atoms with van der Waals surface area (Å²) in [6.07, 6.45) is 1.60. The summed E-state index contributed by atoms with van der Waals surface area (Å²) in [5.74, 6) is -1.61. The van der Waals surface area contributed by atoms with Gasteiger partial charge in [0.05, 0.1) is 10.5 Å². The van der Waals surface area contributed by atoms with Crippen LogP contribution in [0.25, 0.3) is 10.8 Å². The SMILES string of the molecule is O=C(NNC(=O)c1cc2ccccc2cc1O)c1cccc(S(=O)(=O)NC2CC2)c1. The van der Waals surface area contributed by atoms with Gasteiger partial charge >= 0.3 is 0 Å². The molecule has 2 amide bonds. The molecule has 1 aliphatic rings. The molecule has 0 radical (unpaired) electrons. The van der Waals surface area contributed by atoms with Gasteiger partial charge in [-0.3, -0.25) is 20.4 Å². The lowest BCUT2D eigenvalue weighted by Gasteiger charge is -2.11. The predicted molar refractivity (Wildman–Crippen MR) is 110 cm³/mol. The normalized spacial score (nSPS) is 13.7. The van der Waals surface area contributed by atoms with E-state index in [1.165, 1.54) is 36.4 Å². The van der Waals surface area contributed by atoms with E-state index in [1.807, 2.05) is 12.1 Å². The average Bonchev–Trinajstić information content (AvgIpc) is 3.54. The summed E-state index contributed by atoms with van der Waals surface area (Å²) in [7, 11) is -3.70. The summed E-state index contributed by atoms with van der Waals surface area (Å²) in [6, 6.07) is 15.7. The first-order valence-electron chi connectivity index (χ1n) is 9.28. The molecule has 0 heterocycles. The van der Waals surface area contributed by atoms with Gasteiger partial charge in [0.2, 0.25) is 10.0 Å². The number of benzene rings is 3. The number of carbonyl (C=O) groups excluding carboxylic acids is 2. The molecule has 4 N–H and O–H groups in total. The first kappa shape index (κ1) is 19.9. The predicted octanol–water partition coefficient (Wildman–Crippen LogP) is 2.06. The van der Waals surface area contributed by atoms with Crippen LogP contribution in [-0.4, -0.2) is 31.4 Å². The van der Waals surface area contributed by atoms with Gasteiger partial charge < -0.3 is 5.11 Å². The number of hydrogen-bond donors (Lipinski definition) is 4. The highest BCUT2D eigenvalue weighted by Crippen LogP contribution is 2.25. The summed E-state index contributed by atoms with van der Waals surface area (Å²) >= 11 is 0. The maximum atomic E-state index is 12.4. The lowest BCUT2D eigenvalue weighted by Crippen LogP contribution is -2.41. The van der Waals surface area contributed by atoms with E-state index in [-0.39, 0.29) is 27.8 Å². The summed E-state index contributed by atoms with van der Waals surface area (Å²) in [6.45, 7) is 0. The van der Waals surface area contributed by atoms with E-state index in [2.05, 4.69) is 15.6 Å². The van der Waals surface area contributed by atoms with Gasteiger partial charge in [-0.05, 0) is 53.9 Å². The molecule has 0 aliphatic heterocycles. The van der Waals surface area contributed by atoms with Gasteiger partial charge in [0.25, 0.3) is 11.8 Å². The van der Waals surface area contributed by atoms with Crippen LogP contribution in [0.3, 0.4) is 0 Å². The fraction of sp³-hybridized carbons (Fsp3) is 0.143. The first-order chi connectivity index (χ1) is 14.3. The molecular formula is C21H19N3O5S. The minimum atomic E-state index is -3.70. The molecule has 3 aromatic rings. The molecule has 9 heteroatoms. The fourth-order valence-electron chi connectivity index (χ4n) is 2.96. The van der Waals surface area contributed by atoms with Gasteiger partial charge in [-0.2, -0.15) is 0 Å².